The SMILES string of the molecule is C=Cc1c(N)ncnc1-c1cnn(C(C)(C)CC#N)c1. The van der Waals surface area contributed by atoms with Crippen LogP contribution in [-0.4, -0.2) is 19.7 Å². The van der Waals surface area contributed by atoms with Gasteiger partial charge in [0.05, 0.1) is 29.9 Å². The quantitative estimate of drug-likeness (QED) is 0.917. The second-order valence-corrected chi connectivity index (χ2v) is 5.05. The zero-order chi connectivity index (χ0) is 14.8. The van der Waals surface area contributed by atoms with E-state index in [1.807, 2.05) is 20.0 Å². The van der Waals surface area contributed by atoms with Crippen LogP contribution in [-0.2, 0) is 5.54 Å². The third kappa shape index (κ3) is 2.38. The van der Waals surface area contributed by atoms with Gasteiger partial charge in [0.1, 0.15) is 12.1 Å². The van der Waals surface area contributed by atoms with Gasteiger partial charge in [-0.05, 0) is 13.8 Å². The summed E-state index contributed by atoms with van der Waals surface area (Å²) in [4.78, 5) is 8.19. The molecule has 2 aromatic heterocycles. The largest absolute Gasteiger partial charge is 0.383 e. The van der Waals surface area contributed by atoms with Crippen LogP contribution in [0.15, 0.2) is 25.3 Å². The Morgan fingerprint density at radius 3 is 2.90 bits per heavy atom. The van der Waals surface area contributed by atoms with Gasteiger partial charge in [-0.25, -0.2) is 9.97 Å². The molecule has 0 aliphatic rings. The van der Waals surface area contributed by atoms with Gasteiger partial charge in [0.2, 0.25) is 0 Å². The lowest BCUT2D eigenvalue weighted by atomic mass is 10.0. The Hall–Kier alpha value is -2.68. The van der Waals surface area contributed by atoms with E-state index in [2.05, 4.69) is 27.7 Å². The molecule has 0 atom stereocenters. The van der Waals surface area contributed by atoms with Crippen LogP contribution in [0.2, 0.25) is 0 Å². The molecule has 2 rings (SSSR count). The Morgan fingerprint density at radius 1 is 1.50 bits per heavy atom. The predicted molar refractivity (Wildman–Crippen MR) is 77.3 cm³/mol. The molecule has 0 spiro atoms. The van der Waals surface area contributed by atoms with Crippen molar-refractivity contribution >= 4 is 11.9 Å². The molecule has 2 N–H and O–H groups in total. The van der Waals surface area contributed by atoms with E-state index in [1.165, 1.54) is 6.33 Å². The van der Waals surface area contributed by atoms with Gasteiger partial charge in [0, 0.05) is 17.3 Å². The van der Waals surface area contributed by atoms with Crippen molar-refractivity contribution in [2.75, 3.05) is 5.73 Å². The number of nitrogens with zero attached hydrogens (tertiary/aromatic N) is 5. The summed E-state index contributed by atoms with van der Waals surface area (Å²) >= 11 is 0. The van der Waals surface area contributed by atoms with Crippen molar-refractivity contribution in [3.63, 3.8) is 0 Å². The van der Waals surface area contributed by atoms with Crippen molar-refractivity contribution in [2.24, 2.45) is 0 Å². The first kappa shape index (κ1) is 13.7. The molecule has 102 valence electrons. The molecule has 0 aliphatic carbocycles. The summed E-state index contributed by atoms with van der Waals surface area (Å²) in [6.07, 6.45) is 6.96. The monoisotopic (exact) mass is 268 g/mol. The van der Waals surface area contributed by atoms with Crippen molar-refractivity contribution in [1.82, 2.24) is 19.7 Å². The normalized spacial score (nSPS) is 11.1. The van der Waals surface area contributed by atoms with Gasteiger partial charge in [-0.3, -0.25) is 4.68 Å². The first-order valence-corrected chi connectivity index (χ1v) is 6.15. The Labute approximate surface area is 117 Å². The first-order chi connectivity index (χ1) is 9.49. The third-order valence-electron chi connectivity index (χ3n) is 3.11. The minimum Gasteiger partial charge on any atom is -0.383 e. The molecule has 6 nitrogen and oxygen atoms in total. The summed E-state index contributed by atoms with van der Waals surface area (Å²) < 4.78 is 1.76. The molecule has 0 saturated carbocycles. The third-order valence-corrected chi connectivity index (χ3v) is 3.11. The van der Waals surface area contributed by atoms with Crippen LogP contribution in [0.5, 0.6) is 0 Å². The van der Waals surface area contributed by atoms with E-state index >= 15 is 0 Å². The van der Waals surface area contributed by atoms with E-state index in [0.29, 0.717) is 23.5 Å². The molecular formula is C14H16N6. The lowest BCUT2D eigenvalue weighted by molar-refractivity contribution is 0.326. The van der Waals surface area contributed by atoms with Crippen molar-refractivity contribution in [3.05, 3.63) is 30.9 Å². The molecule has 0 saturated heterocycles. The first-order valence-electron chi connectivity index (χ1n) is 6.15. The van der Waals surface area contributed by atoms with Gasteiger partial charge in [-0.15, -0.1) is 0 Å². The van der Waals surface area contributed by atoms with Gasteiger partial charge in [-0.1, -0.05) is 12.7 Å². The number of rotatable bonds is 4. The molecule has 0 aliphatic heterocycles. The fourth-order valence-corrected chi connectivity index (χ4v) is 1.89. The van der Waals surface area contributed by atoms with Crippen molar-refractivity contribution in [3.8, 4) is 17.3 Å². The lowest BCUT2D eigenvalue weighted by Crippen LogP contribution is -2.25. The Morgan fingerprint density at radius 2 is 2.25 bits per heavy atom. The molecule has 0 fully saturated rings. The average molecular weight is 268 g/mol. The van der Waals surface area contributed by atoms with E-state index in [-0.39, 0.29) is 5.54 Å². The van der Waals surface area contributed by atoms with Crippen LogP contribution in [0.25, 0.3) is 17.3 Å². The fraction of sp³-hybridized carbons (Fsp3) is 0.286. The maximum atomic E-state index is 8.86. The van der Waals surface area contributed by atoms with Gasteiger partial charge >= 0.3 is 0 Å². The number of nitrogen functional groups attached to an aromatic ring is 1. The van der Waals surface area contributed by atoms with Crippen LogP contribution >= 0.6 is 0 Å². The van der Waals surface area contributed by atoms with Crippen molar-refractivity contribution in [2.45, 2.75) is 25.8 Å². The minimum absolute atomic E-state index is 0.369. The number of hydrogen-bond donors (Lipinski definition) is 1. The average Bonchev–Trinajstić information content (AvgIpc) is 2.88. The number of nitrogens with two attached hydrogens (primary N) is 1. The Bertz CT molecular complexity index is 677. The van der Waals surface area contributed by atoms with Gasteiger partial charge in [0.15, 0.2) is 0 Å². The molecule has 6 heteroatoms. The van der Waals surface area contributed by atoms with Crippen molar-refractivity contribution < 1.29 is 0 Å². The molecule has 0 radical (unpaired) electrons. The van der Waals surface area contributed by atoms with E-state index in [9.17, 15) is 0 Å². The number of anilines is 1. The molecule has 0 aromatic carbocycles. The van der Waals surface area contributed by atoms with Gasteiger partial charge in [0.25, 0.3) is 0 Å². The van der Waals surface area contributed by atoms with Crippen molar-refractivity contribution in [1.29, 1.82) is 5.26 Å². The van der Waals surface area contributed by atoms with Gasteiger partial charge in [-0.2, -0.15) is 10.4 Å². The van der Waals surface area contributed by atoms with E-state index in [0.717, 1.165) is 5.56 Å². The maximum Gasteiger partial charge on any atom is 0.134 e. The van der Waals surface area contributed by atoms with Crippen LogP contribution in [0.3, 0.4) is 0 Å². The van der Waals surface area contributed by atoms with Crippen LogP contribution in [0, 0.1) is 11.3 Å². The molecule has 2 aromatic rings. The van der Waals surface area contributed by atoms with E-state index in [1.54, 1.807) is 17.0 Å². The van der Waals surface area contributed by atoms with E-state index in [4.69, 9.17) is 11.0 Å². The predicted octanol–water partition coefficient (Wildman–Crippen LogP) is 2.21. The summed E-state index contributed by atoms with van der Waals surface area (Å²) in [6, 6.07) is 2.16. The molecule has 0 unspecified atom stereocenters. The molecule has 2 heterocycles. The summed E-state index contributed by atoms with van der Waals surface area (Å²) in [5.41, 5.74) is 7.63. The number of nitriles is 1. The van der Waals surface area contributed by atoms with Crippen LogP contribution < -0.4 is 5.73 Å². The Kier molecular flexibility index (Phi) is 3.53. The second kappa shape index (κ2) is 5.13. The van der Waals surface area contributed by atoms with E-state index < -0.39 is 0 Å². The summed E-state index contributed by atoms with van der Waals surface area (Å²) in [5.74, 6) is 0.383. The fourth-order valence-electron chi connectivity index (χ4n) is 1.89. The summed E-state index contributed by atoms with van der Waals surface area (Å²) in [5, 5.41) is 13.2. The number of aromatic nitrogens is 4. The number of hydrogen-bond acceptors (Lipinski definition) is 5. The topological polar surface area (TPSA) is 93.4 Å². The highest BCUT2D eigenvalue weighted by molar-refractivity contribution is 5.76. The minimum atomic E-state index is -0.375. The lowest BCUT2D eigenvalue weighted by Gasteiger charge is -2.21. The van der Waals surface area contributed by atoms with Gasteiger partial charge < -0.3 is 5.73 Å². The zero-order valence-corrected chi connectivity index (χ0v) is 11.5. The summed E-state index contributed by atoms with van der Waals surface area (Å²) in [7, 11) is 0. The smallest absolute Gasteiger partial charge is 0.134 e. The molecule has 20 heavy (non-hydrogen) atoms. The molecular weight excluding hydrogens is 252 g/mol. The summed E-state index contributed by atoms with van der Waals surface area (Å²) in [6.45, 7) is 7.64. The second-order valence-electron chi connectivity index (χ2n) is 5.05. The highest BCUT2D eigenvalue weighted by Crippen LogP contribution is 2.27. The standard InChI is InChI=1S/C14H16N6/c1-4-11-12(17-9-18-13(11)16)10-7-19-20(8-10)14(2,3)5-6-15/h4,7-9H,1,5H2,2-3H3,(H2,16,17,18). The van der Waals surface area contributed by atoms with Crippen LogP contribution in [0.1, 0.15) is 25.8 Å². The maximum absolute atomic E-state index is 8.86. The molecule has 0 bridgehead atoms. The Balaban J connectivity index is 2.47. The van der Waals surface area contributed by atoms with Crippen LogP contribution in [0.4, 0.5) is 5.82 Å². The highest BCUT2D eigenvalue weighted by atomic mass is 15.3. The molecule has 0 amide bonds. The zero-order valence-electron chi connectivity index (χ0n) is 11.5. The highest BCUT2D eigenvalue weighted by Gasteiger charge is 2.22.